The lowest BCUT2D eigenvalue weighted by Gasteiger charge is -2.11. The molecule has 0 spiro atoms. The number of hydrogen-bond donors (Lipinski definition) is 2. The molecule has 1 unspecified atom stereocenters. The minimum atomic E-state index is -0.0222. The molecule has 0 saturated heterocycles. The summed E-state index contributed by atoms with van der Waals surface area (Å²) in [6, 6.07) is 6.14. The maximum atomic E-state index is 11.8. The number of ether oxygens (including phenoxy) is 1. The van der Waals surface area contributed by atoms with Crippen molar-refractivity contribution in [2.75, 3.05) is 20.3 Å². The maximum Gasteiger partial charge on any atom is 0.224 e. The van der Waals surface area contributed by atoms with Gasteiger partial charge in [0.05, 0.1) is 13.0 Å². The van der Waals surface area contributed by atoms with Gasteiger partial charge in [-0.3, -0.25) is 4.79 Å². The second kappa shape index (κ2) is 7.92. The zero-order valence-electron chi connectivity index (χ0n) is 12.0. The fourth-order valence-corrected chi connectivity index (χ4v) is 1.92. The van der Waals surface area contributed by atoms with Gasteiger partial charge in [0.25, 0.3) is 0 Å². The molecule has 0 bridgehead atoms. The van der Waals surface area contributed by atoms with Crippen LogP contribution in [0.5, 0.6) is 0 Å². The number of nitrogens with two attached hydrogens (primary N) is 1. The van der Waals surface area contributed by atoms with Gasteiger partial charge in [0.1, 0.15) is 0 Å². The zero-order valence-corrected chi connectivity index (χ0v) is 12.0. The quantitative estimate of drug-likeness (QED) is 0.781. The maximum absolute atomic E-state index is 11.8. The van der Waals surface area contributed by atoms with Crippen molar-refractivity contribution < 1.29 is 9.53 Å². The molecule has 4 nitrogen and oxygen atoms in total. The van der Waals surface area contributed by atoms with Gasteiger partial charge in [-0.1, -0.05) is 23.8 Å². The molecule has 1 aromatic carbocycles. The van der Waals surface area contributed by atoms with E-state index >= 15 is 0 Å². The summed E-state index contributed by atoms with van der Waals surface area (Å²) >= 11 is 0. The smallest absolute Gasteiger partial charge is 0.224 e. The van der Waals surface area contributed by atoms with E-state index in [9.17, 15) is 4.79 Å². The van der Waals surface area contributed by atoms with Gasteiger partial charge in [0.15, 0.2) is 0 Å². The highest BCUT2D eigenvalue weighted by atomic mass is 16.5. The molecule has 4 heteroatoms. The number of carbonyl (C=O) groups is 1. The lowest BCUT2D eigenvalue weighted by Crippen LogP contribution is -2.33. The topological polar surface area (TPSA) is 64.3 Å². The summed E-state index contributed by atoms with van der Waals surface area (Å²) in [6.45, 7) is 5.17. The minimum Gasteiger partial charge on any atom is -0.383 e. The molecule has 0 fully saturated rings. The van der Waals surface area contributed by atoms with Gasteiger partial charge in [0, 0.05) is 19.7 Å². The van der Waals surface area contributed by atoms with Gasteiger partial charge < -0.3 is 15.8 Å². The molecule has 0 aromatic heterocycles. The van der Waals surface area contributed by atoms with Gasteiger partial charge in [-0.25, -0.2) is 0 Å². The van der Waals surface area contributed by atoms with Crippen LogP contribution in [-0.4, -0.2) is 32.2 Å². The van der Waals surface area contributed by atoms with Crippen LogP contribution in [0.4, 0.5) is 0 Å². The van der Waals surface area contributed by atoms with E-state index in [0.717, 1.165) is 17.5 Å². The highest BCUT2D eigenvalue weighted by Crippen LogP contribution is 2.11. The Morgan fingerprint density at radius 1 is 1.42 bits per heavy atom. The van der Waals surface area contributed by atoms with E-state index in [4.69, 9.17) is 10.5 Å². The van der Waals surface area contributed by atoms with Crippen molar-refractivity contribution in [2.24, 2.45) is 5.73 Å². The highest BCUT2D eigenvalue weighted by molar-refractivity contribution is 5.78. The van der Waals surface area contributed by atoms with Crippen LogP contribution in [0.2, 0.25) is 0 Å². The normalized spacial score (nSPS) is 12.2. The SMILES string of the molecule is COCC(N)CCNC(=O)Cc1cc(C)ccc1C. The lowest BCUT2D eigenvalue weighted by atomic mass is 10.0. The third-order valence-electron chi connectivity index (χ3n) is 3.07. The van der Waals surface area contributed by atoms with Crippen LogP contribution < -0.4 is 11.1 Å². The molecule has 0 aliphatic rings. The molecular formula is C15H24N2O2. The second-order valence-corrected chi connectivity index (χ2v) is 4.96. The summed E-state index contributed by atoms with van der Waals surface area (Å²) in [5.41, 5.74) is 9.20. The number of amides is 1. The summed E-state index contributed by atoms with van der Waals surface area (Å²) in [7, 11) is 1.62. The number of hydrogen-bond acceptors (Lipinski definition) is 3. The number of nitrogens with one attached hydrogen (secondary N) is 1. The number of methoxy groups -OCH3 is 1. The van der Waals surface area contributed by atoms with E-state index in [-0.39, 0.29) is 11.9 Å². The predicted octanol–water partition coefficient (Wildman–Crippen LogP) is 1.33. The van der Waals surface area contributed by atoms with Gasteiger partial charge in [-0.2, -0.15) is 0 Å². The van der Waals surface area contributed by atoms with Gasteiger partial charge >= 0.3 is 0 Å². The summed E-state index contributed by atoms with van der Waals surface area (Å²) in [4.78, 5) is 11.8. The standard InChI is InChI=1S/C15H24N2O2/c1-11-4-5-12(2)13(8-11)9-15(18)17-7-6-14(16)10-19-3/h4-5,8,14H,6-7,9-10,16H2,1-3H3,(H,17,18). The Balaban J connectivity index is 2.37. The van der Waals surface area contributed by atoms with E-state index < -0.39 is 0 Å². The Bertz CT molecular complexity index is 419. The van der Waals surface area contributed by atoms with E-state index in [0.29, 0.717) is 19.6 Å². The fourth-order valence-electron chi connectivity index (χ4n) is 1.92. The molecule has 0 saturated carbocycles. The first-order valence-corrected chi connectivity index (χ1v) is 6.60. The van der Waals surface area contributed by atoms with Crippen molar-refractivity contribution in [2.45, 2.75) is 32.7 Å². The second-order valence-electron chi connectivity index (χ2n) is 4.96. The Morgan fingerprint density at radius 2 is 2.16 bits per heavy atom. The largest absolute Gasteiger partial charge is 0.383 e. The van der Waals surface area contributed by atoms with Crippen LogP contribution in [0, 0.1) is 13.8 Å². The Hall–Kier alpha value is -1.39. The minimum absolute atomic E-state index is 0.0222. The first-order valence-electron chi connectivity index (χ1n) is 6.60. The van der Waals surface area contributed by atoms with Crippen molar-refractivity contribution in [1.82, 2.24) is 5.32 Å². The van der Waals surface area contributed by atoms with E-state index in [1.54, 1.807) is 7.11 Å². The van der Waals surface area contributed by atoms with E-state index in [1.807, 2.05) is 19.9 Å². The Kier molecular flexibility index (Phi) is 6.53. The third-order valence-corrected chi connectivity index (χ3v) is 3.07. The predicted molar refractivity (Wildman–Crippen MR) is 77.1 cm³/mol. The molecule has 1 rings (SSSR count). The van der Waals surface area contributed by atoms with Gasteiger partial charge in [-0.05, 0) is 31.4 Å². The van der Waals surface area contributed by atoms with E-state index in [1.165, 1.54) is 5.56 Å². The molecule has 3 N–H and O–H groups in total. The molecule has 0 heterocycles. The molecular weight excluding hydrogens is 240 g/mol. The average molecular weight is 264 g/mol. The van der Waals surface area contributed by atoms with Crippen LogP contribution in [-0.2, 0) is 16.0 Å². The average Bonchev–Trinajstić information content (AvgIpc) is 2.34. The molecule has 0 aliphatic heterocycles. The van der Waals surface area contributed by atoms with Crippen molar-refractivity contribution in [3.8, 4) is 0 Å². The molecule has 1 aromatic rings. The molecule has 1 atom stereocenters. The molecule has 0 radical (unpaired) electrons. The fraction of sp³-hybridized carbons (Fsp3) is 0.533. The number of carbonyl (C=O) groups excluding carboxylic acids is 1. The summed E-state index contributed by atoms with van der Waals surface area (Å²) in [5.74, 6) is 0.0401. The van der Waals surface area contributed by atoms with Crippen molar-refractivity contribution in [3.63, 3.8) is 0 Å². The summed E-state index contributed by atoms with van der Waals surface area (Å²) < 4.78 is 4.95. The third kappa shape index (κ3) is 5.85. The molecule has 106 valence electrons. The number of aryl methyl sites for hydroxylation is 2. The molecule has 19 heavy (non-hydrogen) atoms. The number of rotatable bonds is 7. The Labute approximate surface area is 115 Å². The van der Waals surface area contributed by atoms with Crippen molar-refractivity contribution >= 4 is 5.91 Å². The van der Waals surface area contributed by atoms with Gasteiger partial charge in [0.2, 0.25) is 5.91 Å². The molecule has 1 amide bonds. The van der Waals surface area contributed by atoms with Crippen LogP contribution in [0.1, 0.15) is 23.1 Å². The van der Waals surface area contributed by atoms with Crippen LogP contribution in [0.15, 0.2) is 18.2 Å². The van der Waals surface area contributed by atoms with Crippen molar-refractivity contribution in [1.29, 1.82) is 0 Å². The summed E-state index contributed by atoms with van der Waals surface area (Å²) in [5, 5.41) is 2.89. The van der Waals surface area contributed by atoms with E-state index in [2.05, 4.69) is 17.4 Å². The van der Waals surface area contributed by atoms with Crippen LogP contribution in [0.3, 0.4) is 0 Å². The summed E-state index contributed by atoms with van der Waals surface area (Å²) in [6.07, 6.45) is 1.15. The monoisotopic (exact) mass is 264 g/mol. The van der Waals surface area contributed by atoms with Crippen LogP contribution >= 0.6 is 0 Å². The Morgan fingerprint density at radius 3 is 2.84 bits per heavy atom. The van der Waals surface area contributed by atoms with Crippen LogP contribution in [0.25, 0.3) is 0 Å². The first-order chi connectivity index (χ1) is 9.02. The number of benzene rings is 1. The molecule has 0 aliphatic carbocycles. The lowest BCUT2D eigenvalue weighted by molar-refractivity contribution is -0.120. The highest BCUT2D eigenvalue weighted by Gasteiger charge is 2.07. The zero-order chi connectivity index (χ0) is 14.3. The van der Waals surface area contributed by atoms with Crippen molar-refractivity contribution in [3.05, 3.63) is 34.9 Å². The van der Waals surface area contributed by atoms with Gasteiger partial charge in [-0.15, -0.1) is 0 Å². The first kappa shape index (κ1) is 15.7.